The Bertz CT molecular complexity index is 1750. The van der Waals surface area contributed by atoms with Crippen LogP contribution in [0, 0.1) is 5.92 Å². The third-order valence-corrected chi connectivity index (χ3v) is 9.33. The Labute approximate surface area is 244 Å². The van der Waals surface area contributed by atoms with E-state index in [-0.39, 0.29) is 22.2 Å². The number of nitrogens with zero attached hydrogens (tertiary/aromatic N) is 1. The number of hydrogen-bond acceptors (Lipinski definition) is 7. The van der Waals surface area contributed by atoms with E-state index >= 15 is 0 Å². The minimum Gasteiger partial charge on any atom is -0.484 e. The number of benzene rings is 3. The normalized spacial score (nSPS) is 19.8. The number of H-pyrrole nitrogens is 1. The van der Waals surface area contributed by atoms with Gasteiger partial charge in [0, 0.05) is 10.8 Å². The molecule has 0 aliphatic carbocycles. The molecule has 6 rings (SSSR count). The fourth-order valence-electron chi connectivity index (χ4n) is 5.18. The van der Waals surface area contributed by atoms with Gasteiger partial charge in [-0.2, -0.15) is 13.2 Å². The summed E-state index contributed by atoms with van der Waals surface area (Å²) in [7, 11) is 0. The molecule has 0 bridgehead atoms. The summed E-state index contributed by atoms with van der Waals surface area (Å²) in [6.07, 6.45) is -4.65. The van der Waals surface area contributed by atoms with Gasteiger partial charge < -0.3 is 15.0 Å². The predicted molar refractivity (Wildman–Crippen MR) is 151 cm³/mol. The van der Waals surface area contributed by atoms with Crippen molar-refractivity contribution in [3.8, 4) is 5.75 Å². The van der Waals surface area contributed by atoms with Crippen LogP contribution in [0.3, 0.4) is 0 Å². The van der Waals surface area contributed by atoms with E-state index in [1.165, 1.54) is 17.0 Å². The smallest absolute Gasteiger partial charge is 0.418 e. The van der Waals surface area contributed by atoms with Gasteiger partial charge in [0.25, 0.3) is 5.91 Å². The van der Waals surface area contributed by atoms with Gasteiger partial charge in [0.15, 0.2) is 6.61 Å². The van der Waals surface area contributed by atoms with Crippen LogP contribution >= 0.6 is 23.1 Å². The topological polar surface area (TPSA) is 109 Å². The molecule has 4 aromatic rings. The largest absolute Gasteiger partial charge is 0.484 e. The first-order valence-electron chi connectivity index (χ1n) is 12.6. The lowest BCUT2D eigenvalue weighted by Gasteiger charge is -2.30. The number of alkyl halides is 3. The Balaban J connectivity index is 1.27. The van der Waals surface area contributed by atoms with Crippen molar-refractivity contribution >= 4 is 52.2 Å². The maximum absolute atomic E-state index is 13.8. The van der Waals surface area contributed by atoms with Crippen LogP contribution in [0.25, 0.3) is 0 Å². The Morgan fingerprint density at radius 1 is 0.952 bits per heavy atom. The molecule has 1 aromatic heterocycles. The number of ether oxygens (including phenoxy) is 1. The number of imide groups is 1. The molecule has 2 aliphatic rings. The minimum absolute atomic E-state index is 0.225. The van der Waals surface area contributed by atoms with Crippen molar-refractivity contribution in [2.75, 3.05) is 16.8 Å². The zero-order chi connectivity index (χ0) is 29.6. The third kappa shape index (κ3) is 5.09. The number of aromatic amines is 1. The lowest BCUT2D eigenvalue weighted by molar-refractivity contribution is -0.137. The SMILES string of the molecule is O=C(COc1cccc([C@H]2c3sc(=O)[nH]c3SC3C(=O)N(c4ccccc4)C(=O)C32)c1)Nc1ccccc1C(F)(F)F. The molecular weight excluding hydrogens is 591 g/mol. The van der Waals surface area contributed by atoms with Crippen molar-refractivity contribution in [3.05, 3.63) is 105 Å². The van der Waals surface area contributed by atoms with Crippen molar-refractivity contribution in [3.63, 3.8) is 0 Å². The predicted octanol–water partition coefficient (Wildman–Crippen LogP) is 5.27. The van der Waals surface area contributed by atoms with Crippen molar-refractivity contribution < 1.29 is 32.3 Å². The van der Waals surface area contributed by atoms with E-state index < -0.39 is 47.2 Å². The second-order valence-electron chi connectivity index (χ2n) is 9.55. The highest BCUT2D eigenvalue weighted by Gasteiger charge is 2.56. The van der Waals surface area contributed by atoms with Crippen molar-refractivity contribution in [2.45, 2.75) is 22.4 Å². The first-order valence-corrected chi connectivity index (χ1v) is 14.3. The summed E-state index contributed by atoms with van der Waals surface area (Å²) in [6, 6.07) is 19.8. The van der Waals surface area contributed by atoms with Crippen LogP contribution in [-0.2, 0) is 20.6 Å². The van der Waals surface area contributed by atoms with Crippen LogP contribution < -0.4 is 19.8 Å². The van der Waals surface area contributed by atoms with Gasteiger partial charge in [-0.05, 0) is 42.0 Å². The number of carbonyl (C=O) groups excluding carboxylic acids is 3. The van der Waals surface area contributed by atoms with Crippen LogP contribution in [0.15, 0.2) is 88.7 Å². The fourth-order valence-corrected chi connectivity index (χ4v) is 7.70. The molecule has 2 aliphatic heterocycles. The number of rotatable bonds is 6. The van der Waals surface area contributed by atoms with Gasteiger partial charge in [0.2, 0.25) is 11.8 Å². The zero-order valence-corrected chi connectivity index (χ0v) is 23.0. The monoisotopic (exact) mass is 611 g/mol. The van der Waals surface area contributed by atoms with Crippen LogP contribution in [-0.4, -0.2) is 34.6 Å². The standard InChI is InChI=1S/C29H20F3N3O5S2/c30-29(31,32)18-11-4-5-12-19(18)33-20(36)14-40-17-10-6-7-15(13-17)21-22-24(41-25-23(21)42-28(39)34-25)27(38)35(26(22)37)16-8-2-1-3-9-16/h1-13,21-22,24H,14H2,(H,33,36)(H,34,39)/t21-,22?,24?/m1/s1. The molecule has 2 unspecified atom stereocenters. The highest BCUT2D eigenvalue weighted by Crippen LogP contribution is 2.53. The van der Waals surface area contributed by atoms with Crippen molar-refractivity contribution in [2.24, 2.45) is 5.92 Å². The molecule has 8 nitrogen and oxygen atoms in total. The van der Waals surface area contributed by atoms with Gasteiger partial charge >= 0.3 is 11.0 Å². The third-order valence-electron chi connectivity index (χ3n) is 6.93. The van der Waals surface area contributed by atoms with E-state index in [1.54, 1.807) is 54.6 Å². The number of nitrogens with one attached hydrogen (secondary N) is 2. The lowest BCUT2D eigenvalue weighted by Crippen LogP contribution is -2.32. The maximum atomic E-state index is 13.8. The number of para-hydroxylation sites is 2. The Morgan fingerprint density at radius 2 is 1.69 bits per heavy atom. The second-order valence-corrected chi connectivity index (χ2v) is 11.7. The summed E-state index contributed by atoms with van der Waals surface area (Å²) < 4.78 is 45.5. The molecule has 42 heavy (non-hydrogen) atoms. The fraction of sp³-hybridized carbons (Fsp3) is 0.172. The van der Waals surface area contributed by atoms with Gasteiger partial charge in [0.1, 0.15) is 11.0 Å². The van der Waals surface area contributed by atoms with E-state index in [9.17, 15) is 32.3 Å². The minimum atomic E-state index is -4.65. The molecule has 0 saturated carbocycles. The summed E-state index contributed by atoms with van der Waals surface area (Å²) >= 11 is 2.12. The molecule has 214 valence electrons. The summed E-state index contributed by atoms with van der Waals surface area (Å²) in [5.41, 5.74) is -0.335. The van der Waals surface area contributed by atoms with E-state index in [0.29, 0.717) is 21.2 Å². The van der Waals surface area contributed by atoms with Gasteiger partial charge in [-0.25, -0.2) is 4.90 Å². The molecule has 3 aromatic carbocycles. The van der Waals surface area contributed by atoms with Gasteiger partial charge in [-0.1, -0.05) is 65.6 Å². The number of anilines is 2. The lowest BCUT2D eigenvalue weighted by atomic mass is 9.83. The first-order chi connectivity index (χ1) is 20.1. The number of halogens is 3. The average Bonchev–Trinajstić information content (AvgIpc) is 3.46. The molecule has 3 heterocycles. The second kappa shape index (κ2) is 10.8. The molecule has 0 radical (unpaired) electrons. The number of carbonyl (C=O) groups is 3. The molecule has 3 amide bonds. The summed E-state index contributed by atoms with van der Waals surface area (Å²) in [5, 5.41) is 1.97. The van der Waals surface area contributed by atoms with Gasteiger partial charge in [0.05, 0.1) is 27.9 Å². The number of amides is 3. The van der Waals surface area contributed by atoms with Crippen molar-refractivity contribution in [1.29, 1.82) is 0 Å². The number of thiazole rings is 1. The summed E-state index contributed by atoms with van der Waals surface area (Å²) in [5.74, 6) is -2.81. The molecule has 3 atom stereocenters. The Kier molecular flexibility index (Phi) is 7.15. The molecule has 13 heteroatoms. The van der Waals surface area contributed by atoms with E-state index in [4.69, 9.17) is 4.74 Å². The van der Waals surface area contributed by atoms with Crippen LogP contribution in [0.1, 0.15) is 21.9 Å². The van der Waals surface area contributed by atoms with Gasteiger partial charge in [-0.3, -0.25) is 19.2 Å². The molecular formula is C29H20F3N3O5S2. The number of aromatic nitrogens is 1. The highest BCUT2D eigenvalue weighted by molar-refractivity contribution is 8.00. The van der Waals surface area contributed by atoms with E-state index in [0.717, 1.165) is 35.2 Å². The molecule has 0 spiro atoms. The molecule has 2 N–H and O–H groups in total. The van der Waals surface area contributed by atoms with Gasteiger partial charge in [-0.15, -0.1) is 0 Å². The van der Waals surface area contributed by atoms with Crippen LogP contribution in [0.5, 0.6) is 5.75 Å². The van der Waals surface area contributed by atoms with E-state index in [2.05, 4.69) is 10.3 Å². The first kappa shape index (κ1) is 27.8. The van der Waals surface area contributed by atoms with Crippen LogP contribution in [0.4, 0.5) is 24.5 Å². The number of hydrogen-bond donors (Lipinski definition) is 2. The zero-order valence-electron chi connectivity index (χ0n) is 21.4. The molecule has 1 fully saturated rings. The number of fused-ring (bicyclic) bond motifs is 2. The van der Waals surface area contributed by atoms with E-state index in [1.807, 2.05) is 0 Å². The quantitative estimate of drug-likeness (QED) is 0.288. The molecule has 1 saturated heterocycles. The summed E-state index contributed by atoms with van der Waals surface area (Å²) in [6.45, 7) is -0.579. The number of thioether (sulfide) groups is 1. The van der Waals surface area contributed by atoms with Crippen LogP contribution in [0.2, 0.25) is 0 Å². The highest BCUT2D eigenvalue weighted by atomic mass is 32.2. The van der Waals surface area contributed by atoms with Crippen molar-refractivity contribution in [1.82, 2.24) is 4.98 Å². The Morgan fingerprint density at radius 3 is 2.45 bits per heavy atom. The maximum Gasteiger partial charge on any atom is 0.418 e. The summed E-state index contributed by atoms with van der Waals surface area (Å²) in [4.78, 5) is 56.3. The average molecular weight is 612 g/mol. The Hall–Kier alpha value is -4.36.